The van der Waals surface area contributed by atoms with E-state index in [0.717, 1.165) is 48.8 Å². The highest BCUT2D eigenvalue weighted by molar-refractivity contribution is 14.0. The van der Waals surface area contributed by atoms with Crippen LogP contribution in [0.15, 0.2) is 59.9 Å². The van der Waals surface area contributed by atoms with E-state index in [9.17, 15) is 4.79 Å². The summed E-state index contributed by atoms with van der Waals surface area (Å²) in [5, 5.41) is 6.64. The molecule has 0 spiro atoms. The lowest BCUT2D eigenvalue weighted by molar-refractivity contribution is 0.0827. The molecule has 2 heterocycles. The quantitative estimate of drug-likeness (QED) is 0.286. The number of halogens is 1. The summed E-state index contributed by atoms with van der Waals surface area (Å²) in [7, 11) is 5.29. The van der Waals surface area contributed by atoms with Crippen LogP contribution in [0, 0.1) is 0 Å². The number of amides is 1. The summed E-state index contributed by atoms with van der Waals surface area (Å²) in [5.41, 5.74) is 3.83. The minimum Gasteiger partial charge on any atom is -0.356 e. The number of aromatic nitrogens is 2. The molecule has 30 heavy (non-hydrogen) atoms. The third kappa shape index (κ3) is 6.45. The number of carbonyl (C=O) groups is 1. The SMILES string of the molecule is CN=C(NCCc1cccc(C(=O)N(C)C)c1)NCCc1cn2ccccc2n1.I. The van der Waals surface area contributed by atoms with Crippen LogP contribution in [-0.4, -0.2) is 60.4 Å². The number of imidazole rings is 1. The van der Waals surface area contributed by atoms with Crippen molar-refractivity contribution in [3.63, 3.8) is 0 Å². The van der Waals surface area contributed by atoms with Gasteiger partial charge < -0.3 is 19.9 Å². The van der Waals surface area contributed by atoms with Gasteiger partial charge in [0.2, 0.25) is 0 Å². The van der Waals surface area contributed by atoms with Crippen LogP contribution in [0.2, 0.25) is 0 Å². The number of rotatable bonds is 7. The summed E-state index contributed by atoms with van der Waals surface area (Å²) in [6.07, 6.45) is 5.68. The molecule has 160 valence electrons. The lowest BCUT2D eigenvalue weighted by atomic mass is 10.1. The first-order valence-electron chi connectivity index (χ1n) is 9.74. The molecule has 1 amide bonds. The molecule has 0 saturated heterocycles. The second-order valence-corrected chi connectivity index (χ2v) is 7.02. The van der Waals surface area contributed by atoms with Gasteiger partial charge in [0.15, 0.2) is 5.96 Å². The van der Waals surface area contributed by atoms with E-state index in [0.29, 0.717) is 5.56 Å². The third-order valence-electron chi connectivity index (χ3n) is 4.60. The highest BCUT2D eigenvalue weighted by Crippen LogP contribution is 2.08. The van der Waals surface area contributed by atoms with Crippen molar-refractivity contribution < 1.29 is 4.79 Å². The number of hydrogen-bond acceptors (Lipinski definition) is 3. The fourth-order valence-electron chi connectivity index (χ4n) is 3.08. The maximum Gasteiger partial charge on any atom is 0.253 e. The van der Waals surface area contributed by atoms with E-state index in [1.54, 1.807) is 26.0 Å². The number of benzene rings is 1. The Balaban J connectivity index is 0.00000320. The van der Waals surface area contributed by atoms with E-state index >= 15 is 0 Å². The number of fused-ring (bicyclic) bond motifs is 1. The Morgan fingerprint density at radius 3 is 2.57 bits per heavy atom. The first-order valence-corrected chi connectivity index (χ1v) is 9.74. The van der Waals surface area contributed by atoms with Crippen LogP contribution in [0.25, 0.3) is 5.65 Å². The Bertz CT molecular complexity index is 965. The van der Waals surface area contributed by atoms with Crippen molar-refractivity contribution >= 4 is 41.5 Å². The molecule has 0 aliphatic rings. The largest absolute Gasteiger partial charge is 0.356 e. The van der Waals surface area contributed by atoms with Crippen molar-refractivity contribution in [3.8, 4) is 0 Å². The van der Waals surface area contributed by atoms with E-state index in [-0.39, 0.29) is 29.9 Å². The van der Waals surface area contributed by atoms with Crippen molar-refractivity contribution in [2.75, 3.05) is 34.2 Å². The summed E-state index contributed by atoms with van der Waals surface area (Å²) >= 11 is 0. The first kappa shape index (κ1) is 23.7. The molecule has 0 aliphatic carbocycles. The van der Waals surface area contributed by atoms with Crippen LogP contribution in [-0.2, 0) is 12.8 Å². The van der Waals surface area contributed by atoms with E-state index in [1.165, 1.54) is 0 Å². The highest BCUT2D eigenvalue weighted by atomic mass is 127. The summed E-state index contributed by atoms with van der Waals surface area (Å²) in [6.45, 7) is 1.48. The molecule has 3 aromatic rings. The minimum atomic E-state index is 0. The first-order chi connectivity index (χ1) is 14.1. The summed E-state index contributed by atoms with van der Waals surface area (Å²) in [4.78, 5) is 22.6. The lowest BCUT2D eigenvalue weighted by Crippen LogP contribution is -2.39. The molecule has 0 fully saturated rings. The average molecular weight is 520 g/mol. The molecule has 0 atom stereocenters. The number of nitrogens with zero attached hydrogens (tertiary/aromatic N) is 4. The summed E-state index contributed by atoms with van der Waals surface area (Å²) in [6, 6.07) is 13.7. The highest BCUT2D eigenvalue weighted by Gasteiger charge is 2.08. The van der Waals surface area contributed by atoms with Crippen molar-refractivity contribution in [3.05, 3.63) is 71.7 Å². The molecular formula is C22H29IN6O. The second-order valence-electron chi connectivity index (χ2n) is 7.02. The van der Waals surface area contributed by atoms with Gasteiger partial charge in [-0.15, -0.1) is 24.0 Å². The maximum atomic E-state index is 12.1. The van der Waals surface area contributed by atoms with E-state index in [4.69, 9.17) is 0 Å². The molecule has 0 radical (unpaired) electrons. The molecule has 1 aromatic carbocycles. The van der Waals surface area contributed by atoms with Gasteiger partial charge in [-0.2, -0.15) is 0 Å². The zero-order valence-corrected chi connectivity index (χ0v) is 20.0. The zero-order chi connectivity index (χ0) is 20.6. The van der Waals surface area contributed by atoms with Crippen LogP contribution in [0.3, 0.4) is 0 Å². The standard InChI is InChI=1S/C22H28N6O.HI/c1-23-22(25-13-11-19-16-28-14-5-4-9-20(28)26-19)24-12-10-17-7-6-8-18(15-17)21(29)27(2)3;/h4-9,14-16H,10-13H2,1-3H3,(H2,23,24,25);1H. The summed E-state index contributed by atoms with van der Waals surface area (Å²) in [5.74, 6) is 0.776. The predicted octanol–water partition coefficient (Wildman–Crippen LogP) is 2.60. The molecular weight excluding hydrogens is 491 g/mol. The Labute approximate surface area is 194 Å². The molecule has 0 bridgehead atoms. The van der Waals surface area contributed by atoms with E-state index in [1.807, 2.05) is 53.1 Å². The van der Waals surface area contributed by atoms with Gasteiger partial charge in [0.1, 0.15) is 5.65 Å². The van der Waals surface area contributed by atoms with Crippen molar-refractivity contribution in [2.45, 2.75) is 12.8 Å². The molecule has 0 aliphatic heterocycles. The smallest absolute Gasteiger partial charge is 0.253 e. The van der Waals surface area contributed by atoms with Crippen LogP contribution in [0.4, 0.5) is 0 Å². The number of hydrogen-bond donors (Lipinski definition) is 2. The van der Waals surface area contributed by atoms with Gasteiger partial charge in [0.25, 0.3) is 5.91 Å². The number of guanidine groups is 1. The molecule has 0 saturated carbocycles. The van der Waals surface area contributed by atoms with Crippen LogP contribution >= 0.6 is 24.0 Å². The molecule has 7 nitrogen and oxygen atoms in total. The lowest BCUT2D eigenvalue weighted by Gasteiger charge is -2.13. The molecule has 0 unspecified atom stereocenters. The number of nitrogens with one attached hydrogen (secondary N) is 2. The Kier molecular flexibility index (Phi) is 9.10. The molecule has 2 N–H and O–H groups in total. The normalized spacial score (nSPS) is 11.1. The molecule has 2 aromatic heterocycles. The van der Waals surface area contributed by atoms with Gasteiger partial charge in [0, 0.05) is 58.6 Å². The van der Waals surface area contributed by atoms with Gasteiger partial charge in [-0.3, -0.25) is 9.79 Å². The zero-order valence-electron chi connectivity index (χ0n) is 17.6. The van der Waals surface area contributed by atoms with Gasteiger partial charge in [0.05, 0.1) is 5.69 Å². The Hall–Kier alpha value is -2.62. The number of carbonyl (C=O) groups excluding carboxylic acids is 1. The van der Waals surface area contributed by atoms with Crippen molar-refractivity contribution in [1.82, 2.24) is 24.9 Å². The van der Waals surface area contributed by atoms with Gasteiger partial charge in [-0.05, 0) is 36.2 Å². The van der Waals surface area contributed by atoms with Crippen molar-refractivity contribution in [1.29, 1.82) is 0 Å². The Morgan fingerprint density at radius 2 is 1.87 bits per heavy atom. The van der Waals surface area contributed by atoms with Crippen LogP contribution < -0.4 is 10.6 Å². The minimum absolute atomic E-state index is 0. The molecule has 3 rings (SSSR count). The van der Waals surface area contributed by atoms with E-state index < -0.39 is 0 Å². The monoisotopic (exact) mass is 520 g/mol. The topological polar surface area (TPSA) is 74.0 Å². The third-order valence-corrected chi connectivity index (χ3v) is 4.60. The second kappa shape index (κ2) is 11.5. The van der Waals surface area contributed by atoms with Crippen LogP contribution in [0.5, 0.6) is 0 Å². The van der Waals surface area contributed by atoms with Gasteiger partial charge in [-0.25, -0.2) is 4.98 Å². The van der Waals surface area contributed by atoms with E-state index in [2.05, 4.69) is 26.8 Å². The van der Waals surface area contributed by atoms with Gasteiger partial charge in [-0.1, -0.05) is 18.2 Å². The fraction of sp³-hybridized carbons (Fsp3) is 0.318. The molecule has 8 heteroatoms. The average Bonchev–Trinajstić information content (AvgIpc) is 3.15. The fourth-order valence-corrected chi connectivity index (χ4v) is 3.08. The van der Waals surface area contributed by atoms with Crippen LogP contribution in [0.1, 0.15) is 21.6 Å². The number of aliphatic imine (C=N–C) groups is 1. The van der Waals surface area contributed by atoms with Crippen molar-refractivity contribution in [2.24, 2.45) is 4.99 Å². The van der Waals surface area contributed by atoms with Gasteiger partial charge >= 0.3 is 0 Å². The number of pyridine rings is 1. The maximum absolute atomic E-state index is 12.1. The Morgan fingerprint density at radius 1 is 1.10 bits per heavy atom. The predicted molar refractivity (Wildman–Crippen MR) is 132 cm³/mol. The summed E-state index contributed by atoms with van der Waals surface area (Å²) < 4.78 is 2.03.